The number of H-pyrrole nitrogens is 1. The third-order valence-electron chi connectivity index (χ3n) is 4.11. The van der Waals surface area contributed by atoms with E-state index in [4.69, 9.17) is 39.5 Å². The predicted octanol–water partition coefficient (Wildman–Crippen LogP) is 6.65. The van der Waals surface area contributed by atoms with Gasteiger partial charge in [-0.2, -0.15) is 0 Å². The van der Waals surface area contributed by atoms with E-state index < -0.39 is 0 Å². The fourth-order valence-electron chi connectivity index (χ4n) is 2.76. The summed E-state index contributed by atoms with van der Waals surface area (Å²) in [5.41, 5.74) is 2.01. The number of imidazole rings is 1. The van der Waals surface area contributed by atoms with Gasteiger partial charge in [0.15, 0.2) is 0 Å². The zero-order valence-electron chi connectivity index (χ0n) is 14.1. The van der Waals surface area contributed by atoms with E-state index in [1.54, 1.807) is 12.3 Å². The minimum Gasteiger partial charge on any atom is -0.369 e. The van der Waals surface area contributed by atoms with Crippen molar-refractivity contribution in [3.05, 3.63) is 86.9 Å². The molecule has 1 aromatic heterocycles. The van der Waals surface area contributed by atoms with Crippen LogP contribution in [-0.2, 0) is 17.8 Å². The second-order valence-corrected chi connectivity index (χ2v) is 7.30. The SMILES string of the molecule is Clc1ccc(COC(CCCc2ncc[nH]2)c2ccc(Cl)cc2Cl)cc1. The molecular weight excluding hydrogens is 391 g/mol. The van der Waals surface area contributed by atoms with Crippen LogP contribution in [0, 0.1) is 0 Å². The van der Waals surface area contributed by atoms with E-state index in [0.29, 0.717) is 21.7 Å². The molecule has 0 bridgehead atoms. The molecule has 0 aliphatic heterocycles. The fourth-order valence-corrected chi connectivity index (χ4v) is 3.41. The lowest BCUT2D eigenvalue weighted by atomic mass is 10.0. The number of aromatic amines is 1. The van der Waals surface area contributed by atoms with Crippen molar-refractivity contribution in [2.45, 2.75) is 32.0 Å². The maximum absolute atomic E-state index is 6.40. The van der Waals surface area contributed by atoms with Gasteiger partial charge >= 0.3 is 0 Å². The van der Waals surface area contributed by atoms with Crippen LogP contribution in [0.15, 0.2) is 54.9 Å². The lowest BCUT2D eigenvalue weighted by molar-refractivity contribution is 0.0326. The van der Waals surface area contributed by atoms with Gasteiger partial charge in [0.1, 0.15) is 5.82 Å². The number of halogens is 3. The quantitative estimate of drug-likeness (QED) is 0.452. The van der Waals surface area contributed by atoms with E-state index >= 15 is 0 Å². The summed E-state index contributed by atoms with van der Waals surface area (Å²) in [6, 6.07) is 13.2. The van der Waals surface area contributed by atoms with Gasteiger partial charge in [-0.15, -0.1) is 0 Å². The smallest absolute Gasteiger partial charge is 0.105 e. The molecule has 0 aliphatic rings. The normalized spacial score (nSPS) is 12.3. The molecule has 0 aliphatic carbocycles. The molecule has 0 saturated heterocycles. The minimum atomic E-state index is -0.120. The molecule has 0 spiro atoms. The monoisotopic (exact) mass is 408 g/mol. The number of ether oxygens (including phenoxy) is 1. The standard InChI is InChI=1S/C20H19Cl3N2O/c21-15-6-4-14(5-7-15)13-26-19(2-1-3-20-24-10-11-25-20)17-9-8-16(22)12-18(17)23/h4-12,19H,1-3,13H2,(H,24,25). The number of nitrogens with one attached hydrogen (secondary N) is 1. The lowest BCUT2D eigenvalue weighted by Gasteiger charge is -2.20. The number of aryl methyl sites for hydroxylation is 1. The van der Waals surface area contributed by atoms with Crippen molar-refractivity contribution in [1.82, 2.24) is 9.97 Å². The van der Waals surface area contributed by atoms with Crippen molar-refractivity contribution >= 4 is 34.8 Å². The van der Waals surface area contributed by atoms with E-state index in [9.17, 15) is 0 Å². The van der Waals surface area contributed by atoms with Crippen LogP contribution in [0.3, 0.4) is 0 Å². The zero-order valence-corrected chi connectivity index (χ0v) is 16.4. The van der Waals surface area contributed by atoms with Crippen molar-refractivity contribution in [1.29, 1.82) is 0 Å². The summed E-state index contributed by atoms with van der Waals surface area (Å²) in [5, 5.41) is 1.95. The van der Waals surface area contributed by atoms with Gasteiger partial charge in [-0.25, -0.2) is 4.98 Å². The Kier molecular flexibility index (Phi) is 6.98. The molecule has 0 saturated carbocycles. The van der Waals surface area contributed by atoms with Crippen LogP contribution in [-0.4, -0.2) is 9.97 Å². The average molecular weight is 410 g/mol. The topological polar surface area (TPSA) is 37.9 Å². The summed E-state index contributed by atoms with van der Waals surface area (Å²) in [7, 11) is 0. The van der Waals surface area contributed by atoms with Gasteiger partial charge in [0, 0.05) is 33.9 Å². The van der Waals surface area contributed by atoms with Crippen LogP contribution in [0.1, 0.15) is 35.9 Å². The largest absolute Gasteiger partial charge is 0.369 e. The first-order chi connectivity index (χ1) is 12.6. The van der Waals surface area contributed by atoms with E-state index in [1.165, 1.54) is 0 Å². The van der Waals surface area contributed by atoms with Gasteiger partial charge < -0.3 is 9.72 Å². The van der Waals surface area contributed by atoms with Crippen molar-refractivity contribution in [3.8, 4) is 0 Å². The van der Waals surface area contributed by atoms with Crippen molar-refractivity contribution in [2.75, 3.05) is 0 Å². The minimum absolute atomic E-state index is 0.120. The first-order valence-electron chi connectivity index (χ1n) is 8.41. The van der Waals surface area contributed by atoms with Gasteiger partial charge in [0.25, 0.3) is 0 Å². The molecule has 3 rings (SSSR count). The summed E-state index contributed by atoms with van der Waals surface area (Å²) >= 11 is 18.4. The second kappa shape index (κ2) is 9.43. The Bertz CT molecular complexity index is 820. The first-order valence-corrected chi connectivity index (χ1v) is 9.54. The number of nitrogens with zero attached hydrogens (tertiary/aromatic N) is 1. The highest BCUT2D eigenvalue weighted by Gasteiger charge is 2.16. The highest BCUT2D eigenvalue weighted by atomic mass is 35.5. The van der Waals surface area contributed by atoms with E-state index in [1.807, 2.05) is 42.6 Å². The molecule has 0 radical (unpaired) electrons. The second-order valence-electron chi connectivity index (χ2n) is 6.02. The Labute approximate surface area is 168 Å². The number of hydrogen-bond donors (Lipinski definition) is 1. The molecule has 1 N–H and O–H groups in total. The van der Waals surface area contributed by atoms with Crippen molar-refractivity contribution < 1.29 is 4.74 Å². The van der Waals surface area contributed by atoms with Crippen LogP contribution in [0.25, 0.3) is 0 Å². The van der Waals surface area contributed by atoms with E-state index in [2.05, 4.69) is 9.97 Å². The van der Waals surface area contributed by atoms with Gasteiger partial charge in [-0.3, -0.25) is 0 Å². The highest BCUT2D eigenvalue weighted by Crippen LogP contribution is 2.32. The van der Waals surface area contributed by atoms with Crippen LogP contribution in [0.5, 0.6) is 0 Å². The van der Waals surface area contributed by atoms with E-state index in [0.717, 1.165) is 36.2 Å². The molecule has 1 unspecified atom stereocenters. The number of hydrogen-bond acceptors (Lipinski definition) is 2. The Morgan fingerprint density at radius 3 is 2.46 bits per heavy atom. The number of aromatic nitrogens is 2. The molecule has 3 aromatic rings. The van der Waals surface area contributed by atoms with Crippen LogP contribution in [0.4, 0.5) is 0 Å². The van der Waals surface area contributed by atoms with Gasteiger partial charge in [-0.1, -0.05) is 53.0 Å². The Balaban J connectivity index is 1.68. The summed E-state index contributed by atoms with van der Waals surface area (Å²) in [6.45, 7) is 0.488. The lowest BCUT2D eigenvalue weighted by Crippen LogP contribution is -2.07. The summed E-state index contributed by atoms with van der Waals surface area (Å²) in [4.78, 5) is 7.39. The molecular formula is C20H19Cl3N2O. The molecule has 0 amide bonds. The Morgan fingerprint density at radius 1 is 1.00 bits per heavy atom. The maximum Gasteiger partial charge on any atom is 0.105 e. The third-order valence-corrected chi connectivity index (χ3v) is 4.92. The Hall–Kier alpha value is -1.52. The molecule has 26 heavy (non-hydrogen) atoms. The van der Waals surface area contributed by atoms with Crippen molar-refractivity contribution in [2.24, 2.45) is 0 Å². The summed E-state index contributed by atoms with van der Waals surface area (Å²) in [6.07, 6.45) is 6.09. The molecule has 1 atom stereocenters. The van der Waals surface area contributed by atoms with E-state index in [-0.39, 0.29) is 6.10 Å². The maximum atomic E-state index is 6.40. The van der Waals surface area contributed by atoms with Gasteiger partial charge in [0.2, 0.25) is 0 Å². The number of benzene rings is 2. The van der Waals surface area contributed by atoms with Crippen LogP contribution >= 0.6 is 34.8 Å². The molecule has 136 valence electrons. The summed E-state index contributed by atoms with van der Waals surface area (Å²) < 4.78 is 6.19. The fraction of sp³-hybridized carbons (Fsp3) is 0.250. The van der Waals surface area contributed by atoms with Gasteiger partial charge in [-0.05, 0) is 48.2 Å². The molecule has 3 nitrogen and oxygen atoms in total. The molecule has 1 heterocycles. The Morgan fingerprint density at radius 2 is 1.77 bits per heavy atom. The first kappa shape index (κ1) is 19.2. The zero-order chi connectivity index (χ0) is 18.4. The summed E-state index contributed by atoms with van der Waals surface area (Å²) in [5.74, 6) is 0.976. The predicted molar refractivity (Wildman–Crippen MR) is 107 cm³/mol. The highest BCUT2D eigenvalue weighted by molar-refractivity contribution is 6.35. The van der Waals surface area contributed by atoms with Gasteiger partial charge in [0.05, 0.1) is 12.7 Å². The van der Waals surface area contributed by atoms with Crippen molar-refractivity contribution in [3.63, 3.8) is 0 Å². The molecule has 6 heteroatoms. The molecule has 0 fully saturated rings. The van der Waals surface area contributed by atoms with Crippen LogP contribution in [0.2, 0.25) is 15.1 Å². The van der Waals surface area contributed by atoms with Crippen LogP contribution < -0.4 is 0 Å². The average Bonchev–Trinajstić information content (AvgIpc) is 3.13. The third kappa shape index (κ3) is 5.49. The number of rotatable bonds is 8. The molecule has 2 aromatic carbocycles.